The average Bonchev–Trinajstić information content (AvgIpc) is 2.70. The first-order valence-electron chi connectivity index (χ1n) is 7.01. The Hall–Kier alpha value is -1.39. The SMILES string of the molecule is CC(C)(C)c1ccc(CN2CC(O)CC2C(=O)O)cc1. The van der Waals surface area contributed by atoms with Crippen molar-refractivity contribution in [3.63, 3.8) is 0 Å². The van der Waals surface area contributed by atoms with Crippen LogP contribution in [0.15, 0.2) is 24.3 Å². The Morgan fingerprint density at radius 2 is 1.90 bits per heavy atom. The van der Waals surface area contributed by atoms with Crippen molar-refractivity contribution in [2.45, 2.75) is 51.3 Å². The Morgan fingerprint density at radius 1 is 1.30 bits per heavy atom. The van der Waals surface area contributed by atoms with Crippen LogP contribution < -0.4 is 0 Å². The van der Waals surface area contributed by atoms with Crippen LogP contribution in [0.1, 0.15) is 38.3 Å². The monoisotopic (exact) mass is 277 g/mol. The first-order valence-corrected chi connectivity index (χ1v) is 7.01. The number of likely N-dealkylation sites (tertiary alicyclic amines) is 1. The number of carboxylic acids is 1. The van der Waals surface area contributed by atoms with E-state index in [1.807, 2.05) is 17.0 Å². The van der Waals surface area contributed by atoms with Crippen molar-refractivity contribution in [3.05, 3.63) is 35.4 Å². The minimum Gasteiger partial charge on any atom is -0.480 e. The topological polar surface area (TPSA) is 60.8 Å². The molecule has 4 heteroatoms. The Morgan fingerprint density at radius 3 is 2.40 bits per heavy atom. The zero-order chi connectivity index (χ0) is 14.9. The molecule has 0 aromatic heterocycles. The van der Waals surface area contributed by atoms with Gasteiger partial charge in [0.25, 0.3) is 0 Å². The third-order valence-electron chi connectivity index (χ3n) is 3.87. The summed E-state index contributed by atoms with van der Waals surface area (Å²) >= 11 is 0. The highest BCUT2D eigenvalue weighted by Crippen LogP contribution is 2.24. The molecule has 1 aliphatic rings. The van der Waals surface area contributed by atoms with Crippen LogP contribution in [0.5, 0.6) is 0 Å². The number of hydrogen-bond donors (Lipinski definition) is 2. The van der Waals surface area contributed by atoms with Gasteiger partial charge in [-0.15, -0.1) is 0 Å². The highest BCUT2D eigenvalue weighted by molar-refractivity contribution is 5.74. The number of nitrogens with zero attached hydrogens (tertiary/aromatic N) is 1. The summed E-state index contributed by atoms with van der Waals surface area (Å²) in [6, 6.07) is 7.70. The molecular formula is C16H23NO3. The predicted octanol–water partition coefficient (Wildman–Crippen LogP) is 2.00. The third-order valence-corrected chi connectivity index (χ3v) is 3.87. The van der Waals surface area contributed by atoms with E-state index in [0.29, 0.717) is 19.5 Å². The van der Waals surface area contributed by atoms with E-state index in [1.165, 1.54) is 5.56 Å². The number of β-amino-alcohol motifs (C(OH)–C–C–N with tert-alkyl or cyclic N) is 1. The lowest BCUT2D eigenvalue weighted by molar-refractivity contribution is -0.142. The summed E-state index contributed by atoms with van der Waals surface area (Å²) in [7, 11) is 0. The van der Waals surface area contributed by atoms with Crippen LogP contribution in [0.2, 0.25) is 0 Å². The number of hydrogen-bond acceptors (Lipinski definition) is 3. The lowest BCUT2D eigenvalue weighted by atomic mass is 9.87. The quantitative estimate of drug-likeness (QED) is 0.887. The number of rotatable bonds is 3. The summed E-state index contributed by atoms with van der Waals surface area (Å²) in [5.41, 5.74) is 2.46. The van der Waals surface area contributed by atoms with Crippen molar-refractivity contribution in [2.24, 2.45) is 0 Å². The molecule has 0 amide bonds. The van der Waals surface area contributed by atoms with Gasteiger partial charge in [0.2, 0.25) is 0 Å². The van der Waals surface area contributed by atoms with Crippen molar-refractivity contribution < 1.29 is 15.0 Å². The van der Waals surface area contributed by atoms with Gasteiger partial charge in [-0.2, -0.15) is 0 Å². The number of carbonyl (C=O) groups is 1. The summed E-state index contributed by atoms with van der Waals surface area (Å²) in [6.45, 7) is 7.49. The second-order valence-electron chi connectivity index (χ2n) is 6.62. The van der Waals surface area contributed by atoms with E-state index >= 15 is 0 Å². The van der Waals surface area contributed by atoms with Crippen molar-refractivity contribution in [2.75, 3.05) is 6.54 Å². The third kappa shape index (κ3) is 3.38. The molecule has 1 fully saturated rings. The smallest absolute Gasteiger partial charge is 0.321 e. The molecule has 0 radical (unpaired) electrons. The molecule has 2 rings (SSSR count). The molecular weight excluding hydrogens is 254 g/mol. The van der Waals surface area contributed by atoms with Gasteiger partial charge in [-0.1, -0.05) is 45.0 Å². The second-order valence-corrected chi connectivity index (χ2v) is 6.62. The maximum absolute atomic E-state index is 11.2. The van der Waals surface area contributed by atoms with Gasteiger partial charge < -0.3 is 10.2 Å². The zero-order valence-corrected chi connectivity index (χ0v) is 12.3. The molecule has 2 atom stereocenters. The van der Waals surface area contributed by atoms with Crippen LogP contribution in [0.3, 0.4) is 0 Å². The lowest BCUT2D eigenvalue weighted by Gasteiger charge is -2.22. The van der Waals surface area contributed by atoms with Crippen LogP contribution in [0.25, 0.3) is 0 Å². The molecule has 4 nitrogen and oxygen atoms in total. The van der Waals surface area contributed by atoms with E-state index in [2.05, 4.69) is 32.9 Å². The van der Waals surface area contributed by atoms with E-state index in [9.17, 15) is 15.0 Å². The number of benzene rings is 1. The van der Waals surface area contributed by atoms with Crippen molar-refractivity contribution in [3.8, 4) is 0 Å². The summed E-state index contributed by atoms with van der Waals surface area (Å²) in [4.78, 5) is 13.0. The van der Waals surface area contributed by atoms with Gasteiger partial charge in [0.05, 0.1) is 6.10 Å². The van der Waals surface area contributed by atoms with Gasteiger partial charge in [0.1, 0.15) is 6.04 Å². The van der Waals surface area contributed by atoms with Crippen LogP contribution in [0.4, 0.5) is 0 Å². The second kappa shape index (κ2) is 5.54. The van der Waals surface area contributed by atoms with Gasteiger partial charge in [-0.3, -0.25) is 9.69 Å². The van der Waals surface area contributed by atoms with Crippen LogP contribution >= 0.6 is 0 Å². The Kier molecular flexibility index (Phi) is 4.16. The van der Waals surface area contributed by atoms with E-state index < -0.39 is 18.1 Å². The average molecular weight is 277 g/mol. The minimum absolute atomic E-state index is 0.117. The maximum atomic E-state index is 11.2. The standard InChI is InChI=1S/C16H23NO3/c1-16(2,3)12-6-4-11(5-7-12)9-17-10-13(18)8-14(17)15(19)20/h4-7,13-14,18H,8-10H2,1-3H3,(H,19,20). The molecule has 0 spiro atoms. The molecule has 1 aromatic carbocycles. The predicted molar refractivity (Wildman–Crippen MR) is 77.6 cm³/mol. The van der Waals surface area contributed by atoms with Crippen molar-refractivity contribution in [1.29, 1.82) is 0 Å². The molecule has 1 aromatic rings. The van der Waals surface area contributed by atoms with Gasteiger partial charge >= 0.3 is 5.97 Å². The molecule has 1 heterocycles. The fraction of sp³-hybridized carbons (Fsp3) is 0.562. The Balaban J connectivity index is 2.08. The summed E-state index contributed by atoms with van der Waals surface area (Å²) < 4.78 is 0. The van der Waals surface area contributed by atoms with Crippen LogP contribution in [0, 0.1) is 0 Å². The Labute approximate surface area is 120 Å². The van der Waals surface area contributed by atoms with E-state index in [0.717, 1.165) is 5.56 Å². The first kappa shape index (κ1) is 15.0. The Bertz CT molecular complexity index is 475. The summed E-state index contributed by atoms with van der Waals surface area (Å²) in [5, 5.41) is 18.8. The molecule has 0 bridgehead atoms. The molecule has 0 saturated carbocycles. The fourth-order valence-electron chi connectivity index (χ4n) is 2.66. The molecule has 110 valence electrons. The first-order chi connectivity index (χ1) is 9.27. The summed E-state index contributed by atoms with van der Waals surface area (Å²) in [5.74, 6) is -0.854. The lowest BCUT2D eigenvalue weighted by Crippen LogP contribution is -2.35. The number of aliphatic carboxylic acids is 1. The van der Waals surface area contributed by atoms with Gasteiger partial charge in [-0.05, 0) is 16.5 Å². The van der Waals surface area contributed by atoms with Gasteiger partial charge in [-0.25, -0.2) is 0 Å². The maximum Gasteiger partial charge on any atom is 0.321 e. The number of aliphatic hydroxyl groups is 1. The van der Waals surface area contributed by atoms with E-state index in [-0.39, 0.29) is 5.41 Å². The van der Waals surface area contributed by atoms with Gasteiger partial charge in [0, 0.05) is 19.5 Å². The van der Waals surface area contributed by atoms with Gasteiger partial charge in [0.15, 0.2) is 0 Å². The number of carboxylic acid groups (broad SMARTS) is 1. The highest BCUT2D eigenvalue weighted by Gasteiger charge is 2.35. The molecule has 0 aliphatic carbocycles. The zero-order valence-electron chi connectivity index (χ0n) is 12.3. The van der Waals surface area contributed by atoms with Crippen molar-refractivity contribution >= 4 is 5.97 Å². The number of aliphatic hydroxyl groups excluding tert-OH is 1. The molecule has 1 saturated heterocycles. The van der Waals surface area contributed by atoms with Crippen LogP contribution in [-0.4, -0.2) is 39.8 Å². The normalized spacial score (nSPS) is 24.0. The van der Waals surface area contributed by atoms with E-state index in [1.54, 1.807) is 0 Å². The van der Waals surface area contributed by atoms with E-state index in [4.69, 9.17) is 0 Å². The molecule has 20 heavy (non-hydrogen) atoms. The molecule has 2 unspecified atom stereocenters. The summed E-state index contributed by atoms with van der Waals surface area (Å²) in [6.07, 6.45) is -0.222. The highest BCUT2D eigenvalue weighted by atomic mass is 16.4. The van der Waals surface area contributed by atoms with Crippen molar-refractivity contribution in [1.82, 2.24) is 4.90 Å². The molecule has 2 N–H and O–H groups in total. The molecule has 1 aliphatic heterocycles. The van der Waals surface area contributed by atoms with Crippen LogP contribution in [-0.2, 0) is 16.8 Å². The fourth-order valence-corrected chi connectivity index (χ4v) is 2.66. The largest absolute Gasteiger partial charge is 0.480 e. The minimum atomic E-state index is -0.854.